The number of nitrogens with one attached hydrogen (secondary N) is 2. The van der Waals surface area contributed by atoms with Crippen molar-refractivity contribution >= 4 is 60.9 Å². The summed E-state index contributed by atoms with van der Waals surface area (Å²) in [4.78, 5) is 21.9. The number of H-pyrrole nitrogens is 1. The Morgan fingerprint density at radius 1 is 1.14 bits per heavy atom. The molecule has 0 atom stereocenters. The van der Waals surface area contributed by atoms with E-state index in [0.29, 0.717) is 21.7 Å². The average molecular weight is 580 g/mol. The monoisotopic (exact) mass is 578 g/mol. The van der Waals surface area contributed by atoms with Gasteiger partial charge in [0.25, 0.3) is 5.91 Å². The summed E-state index contributed by atoms with van der Waals surface area (Å²) in [6.07, 6.45) is 0.141. The van der Waals surface area contributed by atoms with Crippen LogP contribution in [0.1, 0.15) is 41.7 Å². The molecule has 1 aliphatic carbocycles. The Bertz CT molecular complexity index is 1450. The molecule has 2 heterocycles. The number of aromatic amines is 1. The predicted molar refractivity (Wildman–Crippen MR) is 140 cm³/mol. The van der Waals surface area contributed by atoms with Gasteiger partial charge in [0, 0.05) is 51.3 Å². The predicted octanol–water partition coefficient (Wildman–Crippen LogP) is 7.33. The summed E-state index contributed by atoms with van der Waals surface area (Å²) in [5, 5.41) is 5.10. The largest absolute Gasteiger partial charge is 0.433 e. The minimum atomic E-state index is -4.55. The number of fused-ring (bicyclic) bond motifs is 2. The number of nitrogens with zero attached hydrogens (tertiary/aromatic N) is 2. The number of anilines is 1. The third-order valence-corrected chi connectivity index (χ3v) is 7.56. The molecule has 1 amide bonds. The van der Waals surface area contributed by atoms with E-state index in [1.165, 1.54) is 6.07 Å². The number of pyridine rings is 1. The molecule has 2 aromatic heterocycles. The smallest absolute Gasteiger partial charge is 0.371 e. The molecule has 36 heavy (non-hydrogen) atoms. The highest BCUT2D eigenvalue weighted by atomic mass is 79.9. The van der Waals surface area contributed by atoms with Gasteiger partial charge in [-0.05, 0) is 68.1 Å². The lowest BCUT2D eigenvalue weighted by molar-refractivity contribution is -0.140. The average Bonchev–Trinajstić information content (AvgIpc) is 3.30. The van der Waals surface area contributed by atoms with Crippen LogP contribution in [0.15, 0.2) is 53.1 Å². The summed E-state index contributed by atoms with van der Waals surface area (Å²) in [5.41, 5.74) is 1.13. The highest BCUT2D eigenvalue weighted by Crippen LogP contribution is 2.37. The Morgan fingerprint density at radius 2 is 1.89 bits per heavy atom. The molecule has 0 aliphatic heterocycles. The van der Waals surface area contributed by atoms with E-state index in [2.05, 4.69) is 31.2 Å². The molecule has 0 bridgehead atoms. The van der Waals surface area contributed by atoms with Crippen molar-refractivity contribution in [3.8, 4) is 0 Å². The van der Waals surface area contributed by atoms with Crippen molar-refractivity contribution in [3.63, 3.8) is 0 Å². The van der Waals surface area contributed by atoms with Gasteiger partial charge in [0.15, 0.2) is 0 Å². The van der Waals surface area contributed by atoms with Crippen LogP contribution in [0.25, 0.3) is 21.8 Å². The number of carbonyl (C=O) groups is 1. The number of aromatic nitrogens is 2. The van der Waals surface area contributed by atoms with Crippen molar-refractivity contribution in [1.29, 1.82) is 0 Å². The van der Waals surface area contributed by atoms with E-state index in [1.54, 1.807) is 24.4 Å². The van der Waals surface area contributed by atoms with Crippen LogP contribution in [0.3, 0.4) is 0 Å². The summed E-state index contributed by atoms with van der Waals surface area (Å²) >= 11 is 9.62. The van der Waals surface area contributed by atoms with Gasteiger partial charge >= 0.3 is 6.18 Å². The van der Waals surface area contributed by atoms with Crippen LogP contribution in [0, 0.1) is 0 Å². The highest BCUT2D eigenvalue weighted by Gasteiger charge is 2.35. The number of amides is 1. The molecule has 5 rings (SSSR count). The second-order valence-corrected chi connectivity index (χ2v) is 10.5. The molecule has 5 nitrogen and oxygen atoms in total. The van der Waals surface area contributed by atoms with E-state index >= 15 is 0 Å². The Balaban J connectivity index is 1.32. The first kappa shape index (κ1) is 24.9. The van der Waals surface area contributed by atoms with Crippen LogP contribution in [0.5, 0.6) is 0 Å². The fraction of sp³-hybridized carbons (Fsp3) is 0.308. The molecule has 0 spiro atoms. The Hall–Kier alpha value is -2.78. The molecule has 1 saturated carbocycles. The van der Waals surface area contributed by atoms with Crippen LogP contribution in [-0.4, -0.2) is 35.0 Å². The molecule has 2 N–H and O–H groups in total. The van der Waals surface area contributed by atoms with Gasteiger partial charge in [-0.2, -0.15) is 13.2 Å². The first-order valence-corrected chi connectivity index (χ1v) is 12.7. The van der Waals surface area contributed by atoms with E-state index < -0.39 is 11.9 Å². The maximum atomic E-state index is 13.5. The van der Waals surface area contributed by atoms with Crippen molar-refractivity contribution in [2.24, 2.45) is 0 Å². The van der Waals surface area contributed by atoms with Gasteiger partial charge in [0.05, 0.1) is 16.6 Å². The third-order valence-electron chi connectivity index (χ3n) is 6.87. The fourth-order valence-corrected chi connectivity index (χ4v) is 5.65. The molecule has 0 radical (unpaired) electrons. The van der Waals surface area contributed by atoms with Crippen molar-refractivity contribution in [2.45, 2.75) is 43.9 Å². The lowest BCUT2D eigenvalue weighted by Gasteiger charge is -2.37. The first-order valence-electron chi connectivity index (χ1n) is 11.6. The van der Waals surface area contributed by atoms with Crippen LogP contribution < -0.4 is 10.2 Å². The van der Waals surface area contributed by atoms with Crippen molar-refractivity contribution in [2.75, 3.05) is 11.9 Å². The number of hydrogen-bond donors (Lipinski definition) is 2. The maximum Gasteiger partial charge on any atom is 0.433 e. The Labute approximate surface area is 219 Å². The molecule has 0 unspecified atom stereocenters. The molecule has 2 aromatic carbocycles. The number of alkyl halides is 3. The molecule has 1 fully saturated rings. The van der Waals surface area contributed by atoms with E-state index in [0.717, 1.165) is 47.1 Å². The van der Waals surface area contributed by atoms with E-state index in [4.69, 9.17) is 11.6 Å². The summed E-state index contributed by atoms with van der Waals surface area (Å²) in [5.74, 6) is -0.148. The summed E-state index contributed by atoms with van der Waals surface area (Å²) < 4.78 is 41.5. The van der Waals surface area contributed by atoms with Crippen LogP contribution in [-0.2, 0) is 6.18 Å². The summed E-state index contributed by atoms with van der Waals surface area (Å²) in [7, 11) is 1.81. The molecular weight excluding hydrogens is 557 g/mol. The van der Waals surface area contributed by atoms with Gasteiger partial charge in [0.1, 0.15) is 5.69 Å². The van der Waals surface area contributed by atoms with Gasteiger partial charge in [-0.1, -0.05) is 27.5 Å². The van der Waals surface area contributed by atoms with Crippen molar-refractivity contribution in [3.05, 3.63) is 69.4 Å². The lowest BCUT2D eigenvalue weighted by atomic mass is 9.89. The summed E-state index contributed by atoms with van der Waals surface area (Å²) in [6, 6.07) is 11.5. The van der Waals surface area contributed by atoms with Crippen LogP contribution in [0.2, 0.25) is 5.02 Å². The quantitative estimate of drug-likeness (QED) is 0.266. The van der Waals surface area contributed by atoms with Crippen molar-refractivity contribution < 1.29 is 18.0 Å². The maximum absolute atomic E-state index is 13.5. The van der Waals surface area contributed by atoms with Crippen LogP contribution >= 0.6 is 27.5 Å². The van der Waals surface area contributed by atoms with Gasteiger partial charge in [-0.25, -0.2) is 4.98 Å². The van der Waals surface area contributed by atoms with Gasteiger partial charge in [0.2, 0.25) is 0 Å². The molecule has 188 valence electrons. The molecular formula is C26H23BrClF3N4O. The normalized spacial score (nSPS) is 18.5. The van der Waals surface area contributed by atoms with Gasteiger partial charge < -0.3 is 15.2 Å². The van der Waals surface area contributed by atoms with E-state index in [9.17, 15) is 18.0 Å². The minimum Gasteiger partial charge on any atom is -0.371 e. The topological polar surface area (TPSA) is 61.0 Å². The Morgan fingerprint density at radius 3 is 2.61 bits per heavy atom. The minimum absolute atomic E-state index is 0.0134. The molecule has 1 aliphatic rings. The molecule has 0 saturated heterocycles. The van der Waals surface area contributed by atoms with Crippen LogP contribution in [0.4, 0.5) is 18.9 Å². The second-order valence-electron chi connectivity index (χ2n) is 9.17. The second kappa shape index (κ2) is 9.59. The zero-order chi connectivity index (χ0) is 25.6. The summed E-state index contributed by atoms with van der Waals surface area (Å²) in [6.45, 7) is 0. The third kappa shape index (κ3) is 4.91. The van der Waals surface area contributed by atoms with E-state index in [-0.39, 0.29) is 23.5 Å². The zero-order valence-electron chi connectivity index (χ0n) is 19.3. The van der Waals surface area contributed by atoms with Gasteiger partial charge in [-0.15, -0.1) is 0 Å². The number of carbonyl (C=O) groups excluding carboxylic acids is 1. The molecule has 10 heteroatoms. The first-order chi connectivity index (χ1) is 17.1. The molecule has 4 aromatic rings. The number of benzene rings is 2. The van der Waals surface area contributed by atoms with E-state index in [1.807, 2.05) is 24.1 Å². The van der Waals surface area contributed by atoms with Gasteiger partial charge in [-0.3, -0.25) is 4.79 Å². The lowest BCUT2D eigenvalue weighted by Crippen LogP contribution is -2.43. The highest BCUT2D eigenvalue weighted by molar-refractivity contribution is 9.10. The number of halogens is 5. The zero-order valence-corrected chi connectivity index (χ0v) is 21.6. The number of rotatable bonds is 4. The number of hydrogen-bond acceptors (Lipinski definition) is 3. The Kier molecular flexibility index (Phi) is 6.63. The standard InChI is InChI=1S/C26H23BrClF3N4O/c1-35(22-13-23(26(29,30)31)34-21-7-2-16(28)12-19(21)22)18-5-3-17(4-6-18)33-25(36)20-11-15(27)10-14-8-9-32-24(14)20/h2,7-13,17-18,32H,3-6H2,1H3,(H,33,36). The SMILES string of the molecule is CN(c1cc(C(F)(F)F)nc2ccc(Cl)cc12)C1CCC(NC(=O)c2cc(Br)cc3cc[nH]c23)CC1. The van der Waals surface area contributed by atoms with Crippen molar-refractivity contribution in [1.82, 2.24) is 15.3 Å². The fourth-order valence-electron chi connectivity index (χ4n) is 5.00.